The molecule has 0 saturated carbocycles. The molecule has 13 heavy (non-hydrogen) atoms. The van der Waals surface area contributed by atoms with E-state index in [4.69, 9.17) is 5.11 Å². The van der Waals surface area contributed by atoms with Crippen molar-refractivity contribution in [3.05, 3.63) is 35.4 Å². The molecule has 0 bridgehead atoms. The SMILES string of the molecule is O=C(O)c1ccc(C(=O)CS)cc1. The fraction of sp³-hybridized carbons (Fsp3) is 0.111. The van der Waals surface area contributed by atoms with Gasteiger partial charge in [0.2, 0.25) is 0 Å². The van der Waals surface area contributed by atoms with Crippen LogP contribution in [0.2, 0.25) is 0 Å². The smallest absolute Gasteiger partial charge is 0.335 e. The summed E-state index contributed by atoms with van der Waals surface area (Å²) in [6.07, 6.45) is 0. The third-order valence-corrected chi connectivity index (χ3v) is 1.88. The van der Waals surface area contributed by atoms with Crippen LogP contribution < -0.4 is 0 Å². The molecule has 0 saturated heterocycles. The highest BCUT2D eigenvalue weighted by molar-refractivity contribution is 7.81. The van der Waals surface area contributed by atoms with Crippen molar-refractivity contribution in [2.75, 3.05) is 5.75 Å². The molecule has 0 aliphatic carbocycles. The maximum atomic E-state index is 11.1. The first-order valence-corrected chi connectivity index (χ1v) is 4.26. The average Bonchev–Trinajstić information content (AvgIpc) is 2.17. The molecule has 0 aliphatic heterocycles. The van der Waals surface area contributed by atoms with Gasteiger partial charge in [0.1, 0.15) is 0 Å². The summed E-state index contributed by atoms with van der Waals surface area (Å²) in [5, 5.41) is 8.57. The molecule has 0 radical (unpaired) electrons. The van der Waals surface area contributed by atoms with Gasteiger partial charge in [-0.15, -0.1) is 0 Å². The Morgan fingerprint density at radius 1 is 1.15 bits per heavy atom. The molecular formula is C9H8O3S. The molecular weight excluding hydrogens is 188 g/mol. The zero-order valence-corrected chi connectivity index (χ0v) is 7.62. The second-order valence-corrected chi connectivity index (χ2v) is 2.78. The number of Topliss-reactive ketones (excluding diaryl/α,β-unsaturated/α-hetero) is 1. The van der Waals surface area contributed by atoms with E-state index < -0.39 is 5.97 Å². The van der Waals surface area contributed by atoms with Crippen molar-refractivity contribution in [3.8, 4) is 0 Å². The van der Waals surface area contributed by atoms with Crippen molar-refractivity contribution in [2.45, 2.75) is 0 Å². The van der Waals surface area contributed by atoms with Gasteiger partial charge in [-0.25, -0.2) is 4.79 Å². The lowest BCUT2D eigenvalue weighted by atomic mass is 10.1. The summed E-state index contributed by atoms with van der Waals surface area (Å²) in [5.74, 6) is -0.975. The highest BCUT2D eigenvalue weighted by Crippen LogP contribution is 2.05. The number of ketones is 1. The standard InChI is InChI=1S/C9H8O3S/c10-8(5-13)6-1-3-7(4-2-6)9(11)12/h1-4,13H,5H2,(H,11,12). The maximum Gasteiger partial charge on any atom is 0.335 e. The number of hydrogen-bond acceptors (Lipinski definition) is 3. The quantitative estimate of drug-likeness (QED) is 0.569. The number of carboxylic acid groups (broad SMARTS) is 1. The summed E-state index contributed by atoms with van der Waals surface area (Å²) < 4.78 is 0. The summed E-state index contributed by atoms with van der Waals surface area (Å²) in [6.45, 7) is 0. The van der Waals surface area contributed by atoms with E-state index in [2.05, 4.69) is 12.6 Å². The Morgan fingerprint density at radius 2 is 1.62 bits per heavy atom. The van der Waals surface area contributed by atoms with Gasteiger partial charge in [-0.3, -0.25) is 4.79 Å². The van der Waals surface area contributed by atoms with Crippen LogP contribution in [0.5, 0.6) is 0 Å². The fourth-order valence-corrected chi connectivity index (χ4v) is 1.07. The molecule has 1 rings (SSSR count). The first-order chi connectivity index (χ1) is 6.15. The molecule has 1 aromatic rings. The minimum Gasteiger partial charge on any atom is -0.478 e. The van der Waals surface area contributed by atoms with Crippen LogP contribution in [0.4, 0.5) is 0 Å². The van der Waals surface area contributed by atoms with E-state index >= 15 is 0 Å². The van der Waals surface area contributed by atoms with Gasteiger partial charge in [-0.2, -0.15) is 12.6 Å². The predicted octanol–water partition coefficient (Wildman–Crippen LogP) is 1.50. The monoisotopic (exact) mass is 196 g/mol. The normalized spacial score (nSPS) is 9.62. The lowest BCUT2D eigenvalue weighted by Gasteiger charge is -1.97. The van der Waals surface area contributed by atoms with Crippen molar-refractivity contribution >= 4 is 24.4 Å². The van der Waals surface area contributed by atoms with Crippen molar-refractivity contribution in [1.82, 2.24) is 0 Å². The average molecular weight is 196 g/mol. The Morgan fingerprint density at radius 3 is 2.00 bits per heavy atom. The molecule has 0 atom stereocenters. The number of carboxylic acids is 1. The van der Waals surface area contributed by atoms with Crippen molar-refractivity contribution in [1.29, 1.82) is 0 Å². The minimum atomic E-state index is -0.995. The number of hydrogen-bond donors (Lipinski definition) is 2. The van der Waals surface area contributed by atoms with Crippen LogP contribution in [-0.4, -0.2) is 22.6 Å². The van der Waals surface area contributed by atoms with Crippen molar-refractivity contribution < 1.29 is 14.7 Å². The predicted molar refractivity (Wildman–Crippen MR) is 51.6 cm³/mol. The van der Waals surface area contributed by atoms with Gasteiger partial charge >= 0.3 is 5.97 Å². The summed E-state index contributed by atoms with van der Waals surface area (Å²) in [5.41, 5.74) is 0.663. The molecule has 0 unspecified atom stereocenters. The number of carbonyl (C=O) groups excluding carboxylic acids is 1. The largest absolute Gasteiger partial charge is 0.478 e. The Bertz CT molecular complexity index is 329. The van der Waals surface area contributed by atoms with Crippen LogP contribution in [0.25, 0.3) is 0 Å². The summed E-state index contributed by atoms with van der Waals surface area (Å²) in [7, 11) is 0. The van der Waals surface area contributed by atoms with E-state index in [1.807, 2.05) is 0 Å². The Hall–Kier alpha value is -1.29. The number of thiol groups is 1. The highest BCUT2D eigenvalue weighted by atomic mass is 32.1. The maximum absolute atomic E-state index is 11.1. The molecule has 68 valence electrons. The Balaban J connectivity index is 2.93. The zero-order chi connectivity index (χ0) is 9.84. The Labute approximate surface area is 80.8 Å². The van der Waals surface area contributed by atoms with Gasteiger partial charge in [0.15, 0.2) is 5.78 Å². The highest BCUT2D eigenvalue weighted by Gasteiger charge is 2.05. The van der Waals surface area contributed by atoms with E-state index in [1.165, 1.54) is 24.3 Å². The number of rotatable bonds is 3. The van der Waals surface area contributed by atoms with E-state index in [0.29, 0.717) is 5.56 Å². The fourth-order valence-electron chi connectivity index (χ4n) is 0.890. The van der Waals surface area contributed by atoms with E-state index in [-0.39, 0.29) is 17.1 Å². The van der Waals surface area contributed by atoms with Gasteiger partial charge in [0, 0.05) is 5.56 Å². The van der Waals surface area contributed by atoms with E-state index in [9.17, 15) is 9.59 Å². The summed E-state index contributed by atoms with van der Waals surface area (Å²) >= 11 is 3.83. The first kappa shape index (κ1) is 9.80. The van der Waals surface area contributed by atoms with Crippen LogP contribution in [0.3, 0.4) is 0 Å². The number of carbonyl (C=O) groups is 2. The van der Waals surface area contributed by atoms with Crippen molar-refractivity contribution in [3.63, 3.8) is 0 Å². The van der Waals surface area contributed by atoms with Crippen LogP contribution in [0.1, 0.15) is 20.7 Å². The number of benzene rings is 1. The molecule has 0 fully saturated rings. The summed E-state index contributed by atoms with van der Waals surface area (Å²) in [4.78, 5) is 21.5. The Kier molecular flexibility index (Phi) is 3.08. The van der Waals surface area contributed by atoms with Crippen molar-refractivity contribution in [2.24, 2.45) is 0 Å². The van der Waals surface area contributed by atoms with Gasteiger partial charge < -0.3 is 5.11 Å². The van der Waals surface area contributed by atoms with Crippen LogP contribution in [0.15, 0.2) is 24.3 Å². The lowest BCUT2D eigenvalue weighted by Crippen LogP contribution is -2.02. The zero-order valence-electron chi connectivity index (χ0n) is 6.73. The van der Waals surface area contributed by atoms with E-state index in [0.717, 1.165) is 0 Å². The molecule has 0 spiro atoms. The molecule has 3 nitrogen and oxygen atoms in total. The molecule has 1 N–H and O–H groups in total. The molecule has 0 aliphatic rings. The molecule has 0 amide bonds. The second-order valence-electron chi connectivity index (χ2n) is 2.46. The minimum absolute atomic E-state index is 0.111. The summed E-state index contributed by atoms with van der Waals surface area (Å²) in [6, 6.07) is 5.78. The molecule has 0 aromatic heterocycles. The van der Waals surface area contributed by atoms with Gasteiger partial charge in [0.05, 0.1) is 11.3 Å². The van der Waals surface area contributed by atoms with Crippen LogP contribution in [0, 0.1) is 0 Å². The lowest BCUT2D eigenvalue weighted by molar-refractivity contribution is 0.0696. The molecule has 0 heterocycles. The second kappa shape index (κ2) is 4.09. The van der Waals surface area contributed by atoms with Gasteiger partial charge in [-0.05, 0) is 12.1 Å². The third-order valence-electron chi connectivity index (χ3n) is 1.60. The van der Waals surface area contributed by atoms with E-state index in [1.54, 1.807) is 0 Å². The molecule has 1 aromatic carbocycles. The number of aromatic carboxylic acids is 1. The van der Waals surface area contributed by atoms with Gasteiger partial charge in [0.25, 0.3) is 0 Å². The topological polar surface area (TPSA) is 54.4 Å². The van der Waals surface area contributed by atoms with Crippen LogP contribution in [-0.2, 0) is 0 Å². The van der Waals surface area contributed by atoms with Gasteiger partial charge in [-0.1, -0.05) is 12.1 Å². The molecule has 4 heteroatoms. The first-order valence-electron chi connectivity index (χ1n) is 3.62. The third kappa shape index (κ3) is 2.32. The van der Waals surface area contributed by atoms with Crippen LogP contribution >= 0.6 is 12.6 Å².